The van der Waals surface area contributed by atoms with Crippen molar-refractivity contribution in [3.05, 3.63) is 83.6 Å². The number of nitrogens with zero attached hydrogens (tertiary/aromatic N) is 4. The lowest BCUT2D eigenvalue weighted by Gasteiger charge is -2.33. The Balaban J connectivity index is 1.67. The number of terminal acetylenes is 1. The number of halogens is 2. The van der Waals surface area contributed by atoms with Crippen LogP contribution in [0.1, 0.15) is 57.4 Å². The number of nitriles is 1. The van der Waals surface area contributed by atoms with Crippen molar-refractivity contribution in [1.82, 2.24) is 25.9 Å². The van der Waals surface area contributed by atoms with Gasteiger partial charge in [-0.1, -0.05) is 44.9 Å². The summed E-state index contributed by atoms with van der Waals surface area (Å²) < 4.78 is 27.8. The predicted octanol–water partition coefficient (Wildman–Crippen LogP) is 6.46. The first kappa shape index (κ1) is 29.6. The van der Waals surface area contributed by atoms with Crippen molar-refractivity contribution < 1.29 is 8.78 Å². The van der Waals surface area contributed by atoms with E-state index in [9.17, 15) is 14.0 Å². The van der Waals surface area contributed by atoms with Gasteiger partial charge in [0.1, 0.15) is 11.6 Å². The van der Waals surface area contributed by atoms with Crippen LogP contribution in [-0.4, -0.2) is 33.5 Å². The van der Waals surface area contributed by atoms with Crippen LogP contribution in [0.15, 0.2) is 66.9 Å². The van der Waals surface area contributed by atoms with Gasteiger partial charge in [0.2, 0.25) is 0 Å². The zero-order valence-corrected chi connectivity index (χ0v) is 24.8. The zero-order valence-electron chi connectivity index (χ0n) is 24.8. The number of alkyl halides is 2. The molecule has 8 nitrogen and oxygen atoms in total. The summed E-state index contributed by atoms with van der Waals surface area (Å²) in [7, 11) is 0. The zero-order chi connectivity index (χ0) is 30.9. The highest BCUT2D eigenvalue weighted by Crippen LogP contribution is 2.37. The van der Waals surface area contributed by atoms with Crippen LogP contribution in [0, 0.1) is 29.1 Å². The Kier molecular flexibility index (Phi) is 7.83. The minimum absolute atomic E-state index is 0.0325. The third-order valence-corrected chi connectivity index (χ3v) is 7.43. The van der Waals surface area contributed by atoms with Crippen LogP contribution in [0.2, 0.25) is 0 Å². The van der Waals surface area contributed by atoms with E-state index in [1.54, 1.807) is 30.9 Å². The summed E-state index contributed by atoms with van der Waals surface area (Å²) in [6.45, 7) is 9.92. The molecular formula is C33H34F2N8. The summed E-state index contributed by atoms with van der Waals surface area (Å²) in [5, 5.41) is 21.1. The molecule has 0 saturated heterocycles. The number of anilines is 2. The minimum atomic E-state index is -2.61. The molecule has 2 aromatic heterocycles. The van der Waals surface area contributed by atoms with Crippen LogP contribution in [0.4, 0.5) is 20.2 Å². The first-order chi connectivity index (χ1) is 20.4. The molecule has 10 heteroatoms. The molecule has 1 aliphatic rings. The minimum Gasteiger partial charge on any atom is -0.383 e. The van der Waals surface area contributed by atoms with E-state index in [4.69, 9.17) is 6.42 Å². The second-order valence-electron chi connectivity index (χ2n) is 12.3. The number of hydrazine groups is 2. The van der Waals surface area contributed by atoms with Gasteiger partial charge in [-0.2, -0.15) is 5.26 Å². The maximum absolute atomic E-state index is 13.9. The van der Waals surface area contributed by atoms with E-state index in [1.807, 2.05) is 30.3 Å². The molecule has 0 saturated carbocycles. The maximum Gasteiger partial charge on any atom is 0.262 e. The molecule has 220 valence electrons. The van der Waals surface area contributed by atoms with Crippen LogP contribution in [0.5, 0.6) is 0 Å². The van der Waals surface area contributed by atoms with Crippen LogP contribution in [0.25, 0.3) is 21.7 Å². The molecule has 0 radical (unpaired) electrons. The lowest BCUT2D eigenvalue weighted by molar-refractivity contribution is -0.0311. The Morgan fingerprint density at radius 1 is 1.07 bits per heavy atom. The van der Waals surface area contributed by atoms with E-state index in [0.717, 1.165) is 22.0 Å². The van der Waals surface area contributed by atoms with Gasteiger partial charge in [-0.25, -0.2) is 8.78 Å². The number of benzene rings is 2. The van der Waals surface area contributed by atoms with Crippen LogP contribution < -0.4 is 21.6 Å². The molecule has 3 heterocycles. The molecule has 4 N–H and O–H groups in total. The van der Waals surface area contributed by atoms with Gasteiger partial charge in [0, 0.05) is 47.8 Å². The average Bonchev–Trinajstić information content (AvgIpc) is 3.48. The summed E-state index contributed by atoms with van der Waals surface area (Å²) in [5.41, 5.74) is 8.80. The summed E-state index contributed by atoms with van der Waals surface area (Å²) >= 11 is 0. The van der Waals surface area contributed by atoms with E-state index in [-0.39, 0.29) is 5.41 Å². The van der Waals surface area contributed by atoms with Gasteiger partial charge < -0.3 is 16.1 Å². The smallest absolute Gasteiger partial charge is 0.262 e. The van der Waals surface area contributed by atoms with E-state index < -0.39 is 18.0 Å². The van der Waals surface area contributed by atoms with Gasteiger partial charge in [-0.05, 0) is 48.4 Å². The largest absolute Gasteiger partial charge is 0.383 e. The van der Waals surface area contributed by atoms with Crippen molar-refractivity contribution in [2.75, 3.05) is 17.2 Å². The lowest BCUT2D eigenvalue weighted by Crippen LogP contribution is -2.53. The standard InChI is InChI=1S/C33H34F2N8/c1-7-20-17-38-29-22(15-36)13-23(14-26(29)28(20)39-19-32(2,3)4)40-30(25-10-8-9-21-16-37-12-11-24(21)25)27-18-43(42-41-27)33(5,6)31(34)35/h1,8-14,16-18,30-31,40-42H,19H2,2-6H3,(H,38,39)/t30-/m0/s1. The van der Waals surface area contributed by atoms with Crippen molar-refractivity contribution >= 4 is 33.1 Å². The van der Waals surface area contributed by atoms with Crippen LogP contribution in [-0.2, 0) is 0 Å². The number of fused-ring (bicyclic) bond motifs is 2. The summed E-state index contributed by atoms with van der Waals surface area (Å²) in [6, 6.07) is 13.2. The molecule has 1 aliphatic heterocycles. The number of aromatic nitrogens is 2. The molecule has 0 aliphatic carbocycles. The van der Waals surface area contributed by atoms with E-state index in [1.165, 1.54) is 18.9 Å². The Labute approximate surface area is 250 Å². The van der Waals surface area contributed by atoms with Crippen LogP contribution in [0.3, 0.4) is 0 Å². The highest BCUT2D eigenvalue weighted by molar-refractivity contribution is 5.99. The van der Waals surface area contributed by atoms with E-state index in [2.05, 4.69) is 64.3 Å². The Morgan fingerprint density at radius 2 is 1.86 bits per heavy atom. The SMILES string of the molecule is C#Cc1cnc2c(C#N)cc(N[C@H](C3=CN(C(C)(C)C(F)F)NN3)c3cccc4cnccc34)cc2c1NCC(C)(C)C. The molecule has 0 amide bonds. The fraction of sp³-hybridized carbons (Fsp3) is 0.303. The number of hydrogen-bond donors (Lipinski definition) is 4. The number of hydrogen-bond acceptors (Lipinski definition) is 8. The Hall–Kier alpha value is -4.93. The molecule has 0 fully saturated rings. The van der Waals surface area contributed by atoms with Crippen molar-refractivity contribution in [2.24, 2.45) is 5.41 Å². The van der Waals surface area contributed by atoms with Gasteiger partial charge in [0.05, 0.1) is 34.1 Å². The molecule has 0 spiro atoms. The molecular weight excluding hydrogens is 546 g/mol. The van der Waals surface area contributed by atoms with Gasteiger partial charge in [0.15, 0.2) is 0 Å². The van der Waals surface area contributed by atoms with Crippen molar-refractivity contribution in [3.63, 3.8) is 0 Å². The third kappa shape index (κ3) is 5.88. The Morgan fingerprint density at radius 3 is 2.56 bits per heavy atom. The molecule has 43 heavy (non-hydrogen) atoms. The fourth-order valence-electron chi connectivity index (χ4n) is 4.90. The number of pyridine rings is 2. The lowest BCUT2D eigenvalue weighted by atomic mass is 9.96. The van der Waals surface area contributed by atoms with Crippen molar-refractivity contribution in [1.29, 1.82) is 5.26 Å². The predicted molar refractivity (Wildman–Crippen MR) is 167 cm³/mol. The number of rotatable bonds is 8. The summed E-state index contributed by atoms with van der Waals surface area (Å²) in [6.07, 6.45) is 9.99. The number of nitrogens with one attached hydrogen (secondary N) is 4. The molecule has 4 aromatic rings. The second kappa shape index (κ2) is 11.4. The van der Waals surface area contributed by atoms with Crippen molar-refractivity contribution in [3.8, 4) is 18.4 Å². The van der Waals surface area contributed by atoms with Gasteiger partial charge in [-0.15, -0.1) is 12.0 Å². The molecule has 1 atom stereocenters. The van der Waals surface area contributed by atoms with Gasteiger partial charge in [-0.3, -0.25) is 15.0 Å². The fourth-order valence-corrected chi connectivity index (χ4v) is 4.90. The van der Waals surface area contributed by atoms with Gasteiger partial charge in [0.25, 0.3) is 6.43 Å². The molecule has 0 bridgehead atoms. The summed E-state index contributed by atoms with van der Waals surface area (Å²) in [4.78, 5) is 8.78. The molecule has 2 aromatic carbocycles. The maximum atomic E-state index is 13.9. The van der Waals surface area contributed by atoms with Crippen LogP contribution >= 0.6 is 0 Å². The second-order valence-corrected chi connectivity index (χ2v) is 12.3. The van der Waals surface area contributed by atoms with Gasteiger partial charge >= 0.3 is 0 Å². The first-order valence-corrected chi connectivity index (χ1v) is 13.9. The highest BCUT2D eigenvalue weighted by Gasteiger charge is 2.38. The summed E-state index contributed by atoms with van der Waals surface area (Å²) in [5.74, 6) is 2.71. The van der Waals surface area contributed by atoms with Crippen molar-refractivity contribution in [2.45, 2.75) is 52.6 Å². The van der Waals surface area contributed by atoms with E-state index in [0.29, 0.717) is 40.0 Å². The quantitative estimate of drug-likeness (QED) is 0.176. The average molecular weight is 581 g/mol. The first-order valence-electron chi connectivity index (χ1n) is 13.9. The molecule has 5 rings (SSSR count). The molecule has 0 unspecified atom stereocenters. The van der Waals surface area contributed by atoms with E-state index >= 15 is 0 Å². The highest BCUT2D eigenvalue weighted by atomic mass is 19.3. The normalized spacial score (nSPS) is 14.3. The topological polar surface area (TPSA) is 101 Å². The Bertz CT molecular complexity index is 1790. The monoisotopic (exact) mass is 580 g/mol. The third-order valence-electron chi connectivity index (χ3n) is 7.43.